The Balaban J connectivity index is 1.79. The smallest absolute Gasteiger partial charge is 0.275 e. The van der Waals surface area contributed by atoms with Crippen LogP contribution in [0.15, 0.2) is 24.3 Å². The van der Waals surface area contributed by atoms with E-state index in [1.807, 2.05) is 7.05 Å². The Morgan fingerprint density at radius 1 is 1.27 bits per heavy atom. The van der Waals surface area contributed by atoms with Crippen LogP contribution in [0.3, 0.4) is 0 Å². The number of likely N-dealkylation sites (N-methyl/N-ethyl adjacent to an activating group) is 1. The Labute approximate surface area is 132 Å². The summed E-state index contributed by atoms with van der Waals surface area (Å²) in [7, 11) is 2.00. The minimum atomic E-state index is -0.223. The van der Waals surface area contributed by atoms with Gasteiger partial charge in [0, 0.05) is 11.6 Å². The predicted molar refractivity (Wildman–Crippen MR) is 86.0 cm³/mol. The number of hydrogen-bond acceptors (Lipinski definition) is 1. The van der Waals surface area contributed by atoms with E-state index in [1.54, 1.807) is 12.1 Å². The van der Waals surface area contributed by atoms with Gasteiger partial charge in [-0.3, -0.25) is 4.79 Å². The van der Waals surface area contributed by atoms with Gasteiger partial charge in [-0.05, 0) is 30.4 Å². The van der Waals surface area contributed by atoms with Gasteiger partial charge in [-0.1, -0.05) is 38.8 Å². The van der Waals surface area contributed by atoms with Crippen LogP contribution >= 0.6 is 0 Å². The molecule has 1 aliphatic carbocycles. The van der Waals surface area contributed by atoms with Gasteiger partial charge in [0.1, 0.15) is 12.4 Å². The van der Waals surface area contributed by atoms with E-state index < -0.39 is 0 Å². The SMILES string of the molecule is C[C@@H]1[C@H](C)CCC[C@H]1NC(=O)C[NH+](C)Cc1ccc(F)cc1. The largest absolute Gasteiger partial charge is 0.348 e. The molecule has 2 rings (SSSR count). The molecule has 0 aromatic heterocycles. The van der Waals surface area contributed by atoms with Gasteiger partial charge in [0.05, 0.1) is 7.05 Å². The summed E-state index contributed by atoms with van der Waals surface area (Å²) in [4.78, 5) is 13.3. The van der Waals surface area contributed by atoms with E-state index in [-0.39, 0.29) is 11.7 Å². The number of carbonyl (C=O) groups excluding carboxylic acids is 1. The number of nitrogens with one attached hydrogen (secondary N) is 2. The van der Waals surface area contributed by atoms with Crippen LogP contribution in [0.1, 0.15) is 38.7 Å². The van der Waals surface area contributed by atoms with E-state index in [4.69, 9.17) is 0 Å². The minimum absolute atomic E-state index is 0.116. The van der Waals surface area contributed by atoms with Crippen molar-refractivity contribution in [2.75, 3.05) is 13.6 Å². The van der Waals surface area contributed by atoms with Crippen molar-refractivity contribution < 1.29 is 14.1 Å². The highest BCUT2D eigenvalue weighted by atomic mass is 19.1. The van der Waals surface area contributed by atoms with Crippen molar-refractivity contribution in [3.8, 4) is 0 Å². The molecule has 3 nitrogen and oxygen atoms in total. The van der Waals surface area contributed by atoms with Crippen LogP contribution < -0.4 is 10.2 Å². The van der Waals surface area contributed by atoms with Crippen molar-refractivity contribution in [3.63, 3.8) is 0 Å². The first kappa shape index (κ1) is 16.9. The zero-order valence-corrected chi connectivity index (χ0v) is 13.9. The number of rotatable bonds is 5. The van der Waals surface area contributed by atoms with Gasteiger partial charge in [-0.15, -0.1) is 0 Å². The first-order valence-electron chi connectivity index (χ1n) is 8.31. The molecule has 0 heterocycles. The molecule has 1 aromatic carbocycles. The van der Waals surface area contributed by atoms with Crippen molar-refractivity contribution in [2.45, 2.75) is 45.7 Å². The van der Waals surface area contributed by atoms with E-state index in [1.165, 1.54) is 25.0 Å². The molecule has 0 bridgehead atoms. The maximum absolute atomic E-state index is 12.9. The molecule has 4 heteroatoms. The van der Waals surface area contributed by atoms with Crippen LogP contribution in [0.2, 0.25) is 0 Å². The highest BCUT2D eigenvalue weighted by Gasteiger charge is 2.28. The Bertz CT molecular complexity index is 488. The zero-order valence-electron chi connectivity index (χ0n) is 13.9. The van der Waals surface area contributed by atoms with Crippen molar-refractivity contribution in [3.05, 3.63) is 35.6 Å². The van der Waals surface area contributed by atoms with Crippen LogP contribution in [0, 0.1) is 17.7 Å². The van der Waals surface area contributed by atoms with Gasteiger partial charge in [0.25, 0.3) is 5.91 Å². The Morgan fingerprint density at radius 2 is 1.95 bits per heavy atom. The van der Waals surface area contributed by atoms with Gasteiger partial charge >= 0.3 is 0 Å². The molecule has 122 valence electrons. The molecule has 1 unspecified atom stereocenters. The fraction of sp³-hybridized carbons (Fsp3) is 0.611. The molecule has 2 N–H and O–H groups in total. The summed E-state index contributed by atoms with van der Waals surface area (Å²) in [5.74, 6) is 1.13. The molecular formula is C18H28FN2O+. The van der Waals surface area contributed by atoms with Crippen LogP contribution in [-0.2, 0) is 11.3 Å². The molecule has 0 aliphatic heterocycles. The summed E-state index contributed by atoms with van der Waals surface area (Å²) >= 11 is 0. The maximum Gasteiger partial charge on any atom is 0.275 e. The number of hydrogen-bond donors (Lipinski definition) is 2. The lowest BCUT2D eigenvalue weighted by atomic mass is 9.78. The summed E-state index contributed by atoms with van der Waals surface area (Å²) < 4.78 is 12.9. The molecule has 1 saturated carbocycles. The van der Waals surface area contributed by atoms with E-state index in [0.717, 1.165) is 23.4 Å². The Hall–Kier alpha value is -1.42. The molecule has 0 spiro atoms. The lowest BCUT2D eigenvalue weighted by Gasteiger charge is -2.34. The summed E-state index contributed by atoms with van der Waals surface area (Å²) in [5, 5.41) is 3.21. The topological polar surface area (TPSA) is 33.5 Å². The quantitative estimate of drug-likeness (QED) is 0.854. The van der Waals surface area contributed by atoms with Crippen LogP contribution in [0.4, 0.5) is 4.39 Å². The molecule has 0 saturated heterocycles. The lowest BCUT2D eigenvalue weighted by molar-refractivity contribution is -0.885. The third-order valence-electron chi connectivity index (χ3n) is 4.93. The van der Waals surface area contributed by atoms with Crippen molar-refractivity contribution >= 4 is 5.91 Å². The normalized spacial score (nSPS) is 26.5. The number of quaternary nitrogens is 1. The zero-order chi connectivity index (χ0) is 16.1. The predicted octanol–water partition coefficient (Wildman–Crippen LogP) is 1.78. The second-order valence-corrected chi connectivity index (χ2v) is 6.88. The summed E-state index contributed by atoms with van der Waals surface area (Å²) in [5.41, 5.74) is 1.05. The molecule has 0 radical (unpaired) electrons. The number of halogens is 1. The highest BCUT2D eigenvalue weighted by Crippen LogP contribution is 2.29. The summed E-state index contributed by atoms with van der Waals surface area (Å²) in [6.45, 7) is 5.69. The second-order valence-electron chi connectivity index (χ2n) is 6.88. The van der Waals surface area contributed by atoms with Gasteiger partial charge < -0.3 is 10.2 Å². The summed E-state index contributed by atoms with van der Waals surface area (Å²) in [6, 6.07) is 6.81. The average Bonchev–Trinajstić information content (AvgIpc) is 2.46. The van der Waals surface area contributed by atoms with Crippen molar-refractivity contribution in [1.82, 2.24) is 5.32 Å². The third kappa shape index (κ3) is 4.80. The standard InChI is InChI=1S/C18H27FN2O/c1-13-5-4-6-17(14(13)2)20-18(22)12-21(3)11-15-7-9-16(19)10-8-15/h7-10,13-14,17H,4-6,11-12H2,1-3H3,(H,20,22)/p+1/t13-,14-,17-/m1/s1. The number of amides is 1. The maximum atomic E-state index is 12.9. The van der Waals surface area contributed by atoms with E-state index in [9.17, 15) is 9.18 Å². The molecule has 4 atom stereocenters. The van der Waals surface area contributed by atoms with Gasteiger partial charge in [0.2, 0.25) is 0 Å². The molecule has 1 fully saturated rings. The first-order chi connectivity index (χ1) is 10.5. The molecule has 22 heavy (non-hydrogen) atoms. The molecular weight excluding hydrogens is 279 g/mol. The monoisotopic (exact) mass is 307 g/mol. The Kier molecular flexibility index (Phi) is 5.95. The summed E-state index contributed by atoms with van der Waals surface area (Å²) in [6.07, 6.45) is 3.56. The van der Waals surface area contributed by atoms with Crippen molar-refractivity contribution in [1.29, 1.82) is 0 Å². The second kappa shape index (κ2) is 7.73. The highest BCUT2D eigenvalue weighted by molar-refractivity contribution is 5.77. The Morgan fingerprint density at radius 3 is 2.64 bits per heavy atom. The fourth-order valence-electron chi connectivity index (χ4n) is 3.33. The molecule has 1 aromatic rings. The van der Waals surface area contributed by atoms with E-state index in [2.05, 4.69) is 19.2 Å². The fourth-order valence-corrected chi connectivity index (χ4v) is 3.33. The average molecular weight is 307 g/mol. The molecule has 1 aliphatic rings. The van der Waals surface area contributed by atoms with Gasteiger partial charge in [0.15, 0.2) is 6.54 Å². The van der Waals surface area contributed by atoms with Crippen molar-refractivity contribution in [2.24, 2.45) is 11.8 Å². The van der Waals surface area contributed by atoms with Crippen LogP contribution in [-0.4, -0.2) is 25.5 Å². The first-order valence-corrected chi connectivity index (χ1v) is 8.31. The van der Waals surface area contributed by atoms with E-state index in [0.29, 0.717) is 24.4 Å². The minimum Gasteiger partial charge on any atom is -0.348 e. The third-order valence-corrected chi connectivity index (χ3v) is 4.93. The number of benzene rings is 1. The van der Waals surface area contributed by atoms with Crippen LogP contribution in [0.5, 0.6) is 0 Å². The van der Waals surface area contributed by atoms with E-state index >= 15 is 0 Å². The van der Waals surface area contributed by atoms with Gasteiger partial charge in [-0.2, -0.15) is 0 Å². The van der Waals surface area contributed by atoms with Gasteiger partial charge in [-0.25, -0.2) is 4.39 Å². The molecule has 1 amide bonds. The number of carbonyl (C=O) groups is 1. The van der Waals surface area contributed by atoms with Crippen LogP contribution in [0.25, 0.3) is 0 Å². The lowest BCUT2D eigenvalue weighted by Crippen LogP contribution is -3.09.